The number of nitrogens with one attached hydrogen (secondary N) is 1. The molecule has 0 spiro atoms. The molecule has 0 heterocycles. The fraction of sp³-hybridized carbons (Fsp3) is 0.0714. The van der Waals surface area contributed by atoms with E-state index in [1.165, 1.54) is 12.1 Å². The molecule has 4 nitrogen and oxygen atoms in total. The highest BCUT2D eigenvalue weighted by Crippen LogP contribution is 2.12. The quantitative estimate of drug-likeness (QED) is 0.772. The summed E-state index contributed by atoms with van der Waals surface area (Å²) in [6, 6.07) is 12.8. The van der Waals surface area contributed by atoms with Crippen LogP contribution in [0.15, 0.2) is 48.5 Å². The molecular weight excluding hydrogens is 230 g/mol. The van der Waals surface area contributed by atoms with Crippen molar-refractivity contribution in [3.63, 3.8) is 0 Å². The van der Waals surface area contributed by atoms with Crippen molar-refractivity contribution < 1.29 is 15.0 Å². The Morgan fingerprint density at radius 3 is 2.39 bits per heavy atom. The van der Waals surface area contributed by atoms with E-state index in [-0.39, 0.29) is 17.4 Å². The Hall–Kier alpha value is -2.49. The van der Waals surface area contributed by atoms with Crippen molar-refractivity contribution in [1.29, 1.82) is 0 Å². The van der Waals surface area contributed by atoms with Crippen LogP contribution in [0.3, 0.4) is 0 Å². The molecule has 2 aromatic carbocycles. The van der Waals surface area contributed by atoms with Crippen molar-refractivity contribution in [3.05, 3.63) is 59.7 Å². The molecule has 1 amide bonds. The minimum atomic E-state index is -0.251. The van der Waals surface area contributed by atoms with E-state index in [0.717, 1.165) is 5.56 Å². The summed E-state index contributed by atoms with van der Waals surface area (Å²) < 4.78 is 0. The zero-order chi connectivity index (χ0) is 13.0. The second kappa shape index (κ2) is 5.23. The number of benzene rings is 2. The summed E-state index contributed by atoms with van der Waals surface area (Å²) in [4.78, 5) is 11.8. The van der Waals surface area contributed by atoms with Gasteiger partial charge in [0, 0.05) is 12.1 Å². The molecule has 0 bridgehead atoms. The van der Waals surface area contributed by atoms with Crippen LogP contribution in [-0.4, -0.2) is 16.1 Å². The predicted octanol–water partition coefficient (Wildman–Crippen LogP) is 2.03. The van der Waals surface area contributed by atoms with E-state index >= 15 is 0 Å². The number of phenolic OH excluding ortho intramolecular Hbond substituents is 2. The van der Waals surface area contributed by atoms with Gasteiger partial charge in [0.15, 0.2) is 0 Å². The Morgan fingerprint density at radius 2 is 1.72 bits per heavy atom. The molecule has 18 heavy (non-hydrogen) atoms. The zero-order valence-corrected chi connectivity index (χ0v) is 9.63. The lowest BCUT2D eigenvalue weighted by atomic mass is 10.2. The third kappa shape index (κ3) is 3.01. The second-order valence-corrected chi connectivity index (χ2v) is 3.90. The fourth-order valence-corrected chi connectivity index (χ4v) is 1.55. The normalized spacial score (nSPS) is 10.0. The van der Waals surface area contributed by atoms with Crippen LogP contribution < -0.4 is 5.32 Å². The van der Waals surface area contributed by atoms with E-state index in [4.69, 9.17) is 5.11 Å². The molecule has 92 valence electrons. The Balaban J connectivity index is 1.98. The van der Waals surface area contributed by atoms with E-state index in [1.807, 2.05) is 0 Å². The van der Waals surface area contributed by atoms with Crippen molar-refractivity contribution >= 4 is 5.91 Å². The number of aromatic hydroxyl groups is 2. The lowest BCUT2D eigenvalue weighted by Crippen LogP contribution is -2.22. The molecule has 0 aliphatic rings. The standard InChI is InChI=1S/C14H13NO3/c16-12-6-4-10(5-7-12)9-15-14(18)11-2-1-3-13(17)8-11/h1-8,16-17H,9H2,(H,15,18). The monoisotopic (exact) mass is 243 g/mol. The minimum Gasteiger partial charge on any atom is -0.508 e. The number of phenols is 2. The summed E-state index contributed by atoms with van der Waals surface area (Å²) >= 11 is 0. The Labute approximate surface area is 105 Å². The van der Waals surface area contributed by atoms with Crippen LogP contribution in [-0.2, 0) is 6.54 Å². The molecule has 0 aliphatic heterocycles. The van der Waals surface area contributed by atoms with E-state index in [2.05, 4.69) is 5.32 Å². The van der Waals surface area contributed by atoms with Crippen LogP contribution in [0.25, 0.3) is 0 Å². The summed E-state index contributed by atoms with van der Waals surface area (Å²) in [7, 11) is 0. The number of amides is 1. The van der Waals surface area contributed by atoms with Gasteiger partial charge in [-0.05, 0) is 35.9 Å². The van der Waals surface area contributed by atoms with Crippen molar-refractivity contribution in [2.45, 2.75) is 6.54 Å². The topological polar surface area (TPSA) is 69.6 Å². The smallest absolute Gasteiger partial charge is 0.251 e. The molecule has 0 radical (unpaired) electrons. The summed E-state index contributed by atoms with van der Waals surface area (Å²) in [5.41, 5.74) is 1.30. The largest absolute Gasteiger partial charge is 0.508 e. The van der Waals surface area contributed by atoms with Crippen molar-refractivity contribution in [2.75, 3.05) is 0 Å². The lowest BCUT2D eigenvalue weighted by Gasteiger charge is -2.05. The molecular formula is C14H13NO3. The molecule has 3 N–H and O–H groups in total. The third-order valence-corrected chi connectivity index (χ3v) is 2.50. The number of rotatable bonds is 3. The molecule has 0 aromatic heterocycles. The highest BCUT2D eigenvalue weighted by molar-refractivity contribution is 5.94. The van der Waals surface area contributed by atoms with Crippen LogP contribution in [0.4, 0.5) is 0 Å². The molecule has 2 aromatic rings. The highest BCUT2D eigenvalue weighted by atomic mass is 16.3. The first-order valence-electron chi connectivity index (χ1n) is 5.50. The van der Waals surface area contributed by atoms with Crippen LogP contribution in [0.1, 0.15) is 15.9 Å². The van der Waals surface area contributed by atoms with Crippen LogP contribution in [0.5, 0.6) is 11.5 Å². The van der Waals surface area contributed by atoms with Crippen LogP contribution in [0.2, 0.25) is 0 Å². The van der Waals surface area contributed by atoms with Gasteiger partial charge in [0.05, 0.1) is 0 Å². The van der Waals surface area contributed by atoms with Crippen molar-refractivity contribution in [2.24, 2.45) is 0 Å². The van der Waals surface area contributed by atoms with Gasteiger partial charge in [-0.1, -0.05) is 18.2 Å². The van der Waals surface area contributed by atoms with Gasteiger partial charge in [0.2, 0.25) is 0 Å². The Morgan fingerprint density at radius 1 is 1.00 bits per heavy atom. The first-order chi connectivity index (χ1) is 8.65. The summed E-state index contributed by atoms with van der Waals surface area (Å²) in [6.07, 6.45) is 0. The fourth-order valence-electron chi connectivity index (χ4n) is 1.55. The van der Waals surface area contributed by atoms with Gasteiger partial charge >= 0.3 is 0 Å². The predicted molar refractivity (Wildman–Crippen MR) is 67.4 cm³/mol. The van der Waals surface area contributed by atoms with Gasteiger partial charge < -0.3 is 15.5 Å². The number of hydrogen-bond donors (Lipinski definition) is 3. The van der Waals surface area contributed by atoms with Crippen molar-refractivity contribution in [3.8, 4) is 11.5 Å². The molecule has 0 atom stereocenters. The summed E-state index contributed by atoms with van der Waals surface area (Å²) in [6.45, 7) is 0.370. The van der Waals surface area contributed by atoms with E-state index in [9.17, 15) is 9.90 Å². The molecule has 0 saturated heterocycles. The third-order valence-electron chi connectivity index (χ3n) is 2.50. The van der Waals surface area contributed by atoms with Gasteiger partial charge in [-0.15, -0.1) is 0 Å². The summed E-state index contributed by atoms with van der Waals surface area (Å²) in [5, 5.41) is 21.1. The molecule has 4 heteroatoms. The Bertz CT molecular complexity index is 549. The number of carbonyl (C=O) groups is 1. The van der Waals surface area contributed by atoms with Gasteiger partial charge in [0.1, 0.15) is 11.5 Å². The maximum Gasteiger partial charge on any atom is 0.251 e. The van der Waals surface area contributed by atoms with Gasteiger partial charge in [-0.2, -0.15) is 0 Å². The molecule has 0 saturated carbocycles. The molecule has 0 unspecified atom stereocenters. The van der Waals surface area contributed by atoms with Crippen LogP contribution in [0, 0.1) is 0 Å². The maximum absolute atomic E-state index is 11.8. The minimum absolute atomic E-state index is 0.0623. The molecule has 0 aliphatic carbocycles. The first kappa shape index (κ1) is 12.0. The number of carbonyl (C=O) groups excluding carboxylic acids is 1. The number of hydrogen-bond acceptors (Lipinski definition) is 3. The average molecular weight is 243 g/mol. The Kier molecular flexibility index (Phi) is 3.48. The first-order valence-corrected chi connectivity index (χ1v) is 5.50. The van der Waals surface area contributed by atoms with E-state index in [0.29, 0.717) is 12.1 Å². The second-order valence-electron chi connectivity index (χ2n) is 3.90. The van der Waals surface area contributed by atoms with Gasteiger partial charge in [-0.25, -0.2) is 0 Å². The van der Waals surface area contributed by atoms with E-state index in [1.54, 1.807) is 36.4 Å². The van der Waals surface area contributed by atoms with Gasteiger partial charge in [0.25, 0.3) is 5.91 Å². The average Bonchev–Trinajstić information content (AvgIpc) is 2.38. The summed E-state index contributed by atoms with van der Waals surface area (Å²) in [5.74, 6) is 0.00400. The molecule has 2 rings (SSSR count). The van der Waals surface area contributed by atoms with Crippen molar-refractivity contribution in [1.82, 2.24) is 5.32 Å². The maximum atomic E-state index is 11.8. The van der Waals surface area contributed by atoms with Crippen LogP contribution >= 0.6 is 0 Å². The SMILES string of the molecule is O=C(NCc1ccc(O)cc1)c1cccc(O)c1. The molecule has 0 fully saturated rings. The lowest BCUT2D eigenvalue weighted by molar-refractivity contribution is 0.0950. The van der Waals surface area contributed by atoms with E-state index < -0.39 is 0 Å². The highest BCUT2D eigenvalue weighted by Gasteiger charge is 2.05. The zero-order valence-electron chi connectivity index (χ0n) is 9.63. The van der Waals surface area contributed by atoms with Gasteiger partial charge in [-0.3, -0.25) is 4.79 Å².